The molecule has 2 bridgehead atoms. The molecule has 0 N–H and O–H groups in total. The van der Waals surface area contributed by atoms with E-state index in [9.17, 15) is 0 Å². The van der Waals surface area contributed by atoms with Gasteiger partial charge in [-0.25, -0.2) is 4.98 Å². The summed E-state index contributed by atoms with van der Waals surface area (Å²) in [6.07, 6.45) is 23.7. The Morgan fingerprint density at radius 3 is 2.52 bits per heavy atom. The molecule has 0 radical (unpaired) electrons. The van der Waals surface area contributed by atoms with E-state index in [1.54, 1.807) is 5.57 Å². The number of imidazole rings is 1. The summed E-state index contributed by atoms with van der Waals surface area (Å²) in [5.41, 5.74) is 13.1. The van der Waals surface area contributed by atoms with Gasteiger partial charge >= 0.3 is 0 Å². The second-order valence-electron chi connectivity index (χ2n) is 12.5. The number of hydrogen-bond donors (Lipinski definition) is 0. The molecule has 2 nitrogen and oxygen atoms in total. The lowest BCUT2D eigenvalue weighted by Gasteiger charge is -2.69. The Balaban J connectivity index is 1.08. The SMILES string of the molecule is C1=CC23C=CC4=CC=C(c5ccc(-c6nc7ccccn7c6-c6ccc7ccccc7c6)cc5)C5=CCC(=C1)C2C45C3. The maximum Gasteiger partial charge on any atom is 0.137 e. The van der Waals surface area contributed by atoms with Crippen molar-refractivity contribution in [3.05, 3.63) is 162 Å². The monoisotopic (exact) mass is 536 g/mol. The Hall–Kier alpha value is -4.95. The van der Waals surface area contributed by atoms with Crippen molar-refractivity contribution >= 4 is 22.0 Å². The Morgan fingerprint density at radius 2 is 1.60 bits per heavy atom. The Morgan fingerprint density at radius 1 is 0.762 bits per heavy atom. The predicted molar refractivity (Wildman–Crippen MR) is 172 cm³/mol. The maximum absolute atomic E-state index is 5.14. The molecule has 1 saturated carbocycles. The van der Waals surface area contributed by atoms with Crippen LogP contribution in [0.15, 0.2) is 156 Å². The summed E-state index contributed by atoms with van der Waals surface area (Å²) < 4.78 is 2.22. The van der Waals surface area contributed by atoms with Gasteiger partial charge in [0.25, 0.3) is 0 Å². The zero-order valence-electron chi connectivity index (χ0n) is 23.2. The van der Waals surface area contributed by atoms with E-state index in [-0.39, 0.29) is 10.8 Å². The molecule has 198 valence electrons. The van der Waals surface area contributed by atoms with Gasteiger partial charge in [0.1, 0.15) is 5.65 Å². The fourth-order valence-electron chi connectivity index (χ4n) is 8.83. The quantitative estimate of drug-likeness (QED) is 0.224. The molecular weight excluding hydrogens is 508 g/mol. The molecule has 2 aromatic heterocycles. The van der Waals surface area contributed by atoms with Crippen LogP contribution in [-0.2, 0) is 0 Å². The fourth-order valence-corrected chi connectivity index (χ4v) is 8.83. The van der Waals surface area contributed by atoms with E-state index in [1.807, 2.05) is 0 Å². The number of rotatable bonds is 3. The minimum atomic E-state index is 0.136. The van der Waals surface area contributed by atoms with Gasteiger partial charge < -0.3 is 0 Å². The van der Waals surface area contributed by atoms with E-state index in [0.29, 0.717) is 5.92 Å². The second-order valence-corrected chi connectivity index (χ2v) is 12.5. The highest BCUT2D eigenvalue weighted by Crippen LogP contribution is 2.77. The predicted octanol–water partition coefficient (Wildman–Crippen LogP) is 9.53. The highest BCUT2D eigenvalue weighted by Gasteiger charge is 2.68. The molecule has 1 fully saturated rings. The largest absolute Gasteiger partial charge is 0.299 e. The first kappa shape index (κ1) is 22.7. The molecule has 5 aliphatic carbocycles. The van der Waals surface area contributed by atoms with E-state index < -0.39 is 0 Å². The summed E-state index contributed by atoms with van der Waals surface area (Å²) in [6, 6.07) is 30.7. The smallest absolute Gasteiger partial charge is 0.137 e. The van der Waals surface area contributed by atoms with Crippen molar-refractivity contribution in [1.82, 2.24) is 9.38 Å². The third-order valence-corrected chi connectivity index (χ3v) is 10.6. The molecule has 2 heteroatoms. The Labute approximate surface area is 245 Å². The van der Waals surface area contributed by atoms with Gasteiger partial charge in [0.2, 0.25) is 0 Å². The van der Waals surface area contributed by atoms with Crippen molar-refractivity contribution in [2.24, 2.45) is 16.7 Å². The first-order valence-electron chi connectivity index (χ1n) is 15.0. The molecule has 1 spiro atoms. The number of benzene rings is 3. The lowest BCUT2D eigenvalue weighted by atomic mass is 9.33. The van der Waals surface area contributed by atoms with Gasteiger partial charge in [0.15, 0.2) is 0 Å². The normalized spacial score (nSPS) is 26.2. The average Bonchev–Trinajstić information content (AvgIpc) is 3.43. The summed E-state index contributed by atoms with van der Waals surface area (Å²) in [5, 5.41) is 2.49. The summed E-state index contributed by atoms with van der Waals surface area (Å²) in [4.78, 5) is 5.14. The number of pyridine rings is 1. The topological polar surface area (TPSA) is 17.3 Å². The van der Waals surface area contributed by atoms with Gasteiger partial charge in [0.05, 0.1) is 11.4 Å². The van der Waals surface area contributed by atoms with Crippen LogP contribution in [0.25, 0.3) is 44.5 Å². The molecule has 5 aliphatic rings. The fraction of sp³-hybridized carbons (Fsp3) is 0.125. The number of hydrogen-bond acceptors (Lipinski definition) is 1. The second kappa shape index (κ2) is 7.86. The minimum Gasteiger partial charge on any atom is -0.299 e. The maximum atomic E-state index is 5.14. The van der Waals surface area contributed by atoms with Crippen molar-refractivity contribution in [3.8, 4) is 22.5 Å². The average molecular weight is 537 g/mol. The van der Waals surface area contributed by atoms with Crippen LogP contribution >= 0.6 is 0 Å². The molecule has 2 heterocycles. The van der Waals surface area contributed by atoms with E-state index in [4.69, 9.17) is 4.98 Å². The van der Waals surface area contributed by atoms with Gasteiger partial charge in [-0.1, -0.05) is 121 Å². The number of nitrogens with zero attached hydrogens (tertiary/aromatic N) is 2. The van der Waals surface area contributed by atoms with Crippen LogP contribution < -0.4 is 0 Å². The summed E-state index contributed by atoms with van der Waals surface area (Å²) >= 11 is 0. The molecular formula is C40H28N2. The summed E-state index contributed by atoms with van der Waals surface area (Å²) in [6.45, 7) is 0. The van der Waals surface area contributed by atoms with Crippen LogP contribution in [0, 0.1) is 16.7 Å². The molecule has 10 rings (SSSR count). The lowest BCUT2D eigenvalue weighted by molar-refractivity contribution is 0.0101. The van der Waals surface area contributed by atoms with Gasteiger partial charge in [-0.2, -0.15) is 0 Å². The first-order valence-corrected chi connectivity index (χ1v) is 15.0. The first-order chi connectivity index (χ1) is 20.7. The molecule has 3 aromatic carbocycles. The van der Waals surface area contributed by atoms with Crippen molar-refractivity contribution in [2.75, 3.05) is 0 Å². The van der Waals surface area contributed by atoms with Crippen molar-refractivity contribution in [1.29, 1.82) is 0 Å². The molecule has 0 saturated heterocycles. The zero-order valence-corrected chi connectivity index (χ0v) is 23.2. The highest BCUT2D eigenvalue weighted by molar-refractivity contribution is 5.92. The molecule has 0 aliphatic heterocycles. The number of fused-ring (bicyclic) bond motifs is 2. The van der Waals surface area contributed by atoms with Gasteiger partial charge in [-0.15, -0.1) is 0 Å². The van der Waals surface area contributed by atoms with Gasteiger partial charge in [-0.3, -0.25) is 4.40 Å². The lowest BCUT2D eigenvalue weighted by Crippen LogP contribution is -2.61. The van der Waals surface area contributed by atoms with Crippen molar-refractivity contribution < 1.29 is 0 Å². The van der Waals surface area contributed by atoms with Crippen LogP contribution in [0.1, 0.15) is 18.4 Å². The Bertz CT molecular complexity index is 2200. The minimum absolute atomic E-state index is 0.136. The molecule has 3 atom stereocenters. The summed E-state index contributed by atoms with van der Waals surface area (Å²) in [5.74, 6) is 0.580. The third-order valence-electron chi connectivity index (χ3n) is 10.6. The standard InChI is InChI=1S/C40H28N2/c1-2-7-30-24-31(15-10-26(30)6-1)37-36(41-35-9-3-4-23-42(35)37)28-13-11-27(12-14-28)33-18-17-32-20-22-39-21-5-8-29-16-19-34(33)40(32,25-39)38(29)39/h1-15,17-24,38H,16,25H2. The molecule has 42 heavy (non-hydrogen) atoms. The van der Waals surface area contributed by atoms with Crippen molar-refractivity contribution in [2.45, 2.75) is 12.8 Å². The van der Waals surface area contributed by atoms with Crippen molar-refractivity contribution in [3.63, 3.8) is 0 Å². The molecule has 3 unspecified atom stereocenters. The zero-order chi connectivity index (χ0) is 27.5. The summed E-state index contributed by atoms with van der Waals surface area (Å²) in [7, 11) is 0. The number of aromatic nitrogens is 2. The molecule has 5 aromatic rings. The Kier molecular flexibility index (Phi) is 4.25. The number of allylic oxidation sites excluding steroid dienone is 12. The van der Waals surface area contributed by atoms with E-state index in [2.05, 4.69) is 144 Å². The van der Waals surface area contributed by atoms with Crippen LogP contribution in [0.4, 0.5) is 0 Å². The molecule has 0 amide bonds. The van der Waals surface area contributed by atoms with Gasteiger partial charge in [0, 0.05) is 34.1 Å². The van der Waals surface area contributed by atoms with E-state index in [0.717, 1.165) is 29.0 Å². The highest BCUT2D eigenvalue weighted by atomic mass is 15.0. The van der Waals surface area contributed by atoms with Gasteiger partial charge in [-0.05, 0) is 64.1 Å². The van der Waals surface area contributed by atoms with E-state index >= 15 is 0 Å². The third kappa shape index (κ3) is 2.77. The van der Waals surface area contributed by atoms with E-state index in [1.165, 1.54) is 45.0 Å². The van der Waals surface area contributed by atoms with Crippen LogP contribution in [-0.4, -0.2) is 9.38 Å². The van der Waals surface area contributed by atoms with Crippen LogP contribution in [0.2, 0.25) is 0 Å². The van der Waals surface area contributed by atoms with Crippen LogP contribution in [0.3, 0.4) is 0 Å². The van der Waals surface area contributed by atoms with Crippen LogP contribution in [0.5, 0.6) is 0 Å².